The number of halogens is 2. The predicted molar refractivity (Wildman–Crippen MR) is 138 cm³/mol. The van der Waals surface area contributed by atoms with E-state index >= 15 is 0 Å². The van der Waals surface area contributed by atoms with Crippen molar-refractivity contribution < 1.29 is 19.1 Å². The minimum absolute atomic E-state index is 0.0389. The van der Waals surface area contributed by atoms with Crippen molar-refractivity contribution in [2.24, 2.45) is 5.41 Å². The Balaban J connectivity index is 1.83. The molecule has 2 heterocycles. The first-order valence-corrected chi connectivity index (χ1v) is 12.9. The normalized spacial score (nSPS) is 29.3. The lowest BCUT2D eigenvalue weighted by Crippen LogP contribution is -2.56. The molecule has 2 aromatic carbocycles. The lowest BCUT2D eigenvalue weighted by atomic mass is 9.66. The van der Waals surface area contributed by atoms with Gasteiger partial charge in [0.2, 0.25) is 5.91 Å². The summed E-state index contributed by atoms with van der Waals surface area (Å²) in [6.45, 7) is 8.12. The Morgan fingerprint density at radius 2 is 1.80 bits per heavy atom. The quantitative estimate of drug-likeness (QED) is 0.389. The molecule has 0 aliphatic carbocycles. The summed E-state index contributed by atoms with van der Waals surface area (Å²) in [5.74, 6) is -0.796. The zero-order valence-electron chi connectivity index (χ0n) is 20.7. The molecule has 2 aliphatic rings. The minimum Gasteiger partial charge on any atom is -0.348 e. The molecule has 2 saturated heterocycles. The van der Waals surface area contributed by atoms with Crippen LogP contribution in [0.3, 0.4) is 0 Å². The first-order valence-electron chi connectivity index (χ1n) is 12.2. The summed E-state index contributed by atoms with van der Waals surface area (Å²) >= 11 is 12.6. The SMILES string of the molecule is CCC(C=O)N1C(=O)[C@@](C)(CC2COC(C)(C)O2)C[C@H](c2cccc(Cl)c2)[C@H]1c1ccc(Cl)cc1. The number of carbonyl (C=O) groups excluding carboxylic acids is 2. The van der Waals surface area contributed by atoms with E-state index in [1.54, 1.807) is 4.90 Å². The Morgan fingerprint density at radius 3 is 2.37 bits per heavy atom. The number of rotatable bonds is 7. The van der Waals surface area contributed by atoms with Crippen LogP contribution in [0.1, 0.15) is 70.0 Å². The van der Waals surface area contributed by atoms with Crippen molar-refractivity contribution in [3.05, 3.63) is 69.7 Å². The van der Waals surface area contributed by atoms with Gasteiger partial charge in [0, 0.05) is 21.4 Å². The summed E-state index contributed by atoms with van der Waals surface area (Å²) in [5, 5.41) is 1.26. The fourth-order valence-corrected chi connectivity index (χ4v) is 5.98. The molecule has 0 saturated carbocycles. The number of amides is 1. The van der Waals surface area contributed by atoms with Crippen molar-refractivity contribution >= 4 is 35.4 Å². The zero-order chi connectivity index (χ0) is 25.4. The average Bonchev–Trinajstić information content (AvgIpc) is 3.15. The molecule has 1 amide bonds. The van der Waals surface area contributed by atoms with E-state index in [-0.39, 0.29) is 24.0 Å². The first-order chi connectivity index (χ1) is 16.6. The number of benzene rings is 2. The molecular weight excluding hydrogens is 485 g/mol. The van der Waals surface area contributed by atoms with Gasteiger partial charge in [0.15, 0.2) is 5.79 Å². The van der Waals surface area contributed by atoms with E-state index < -0.39 is 17.2 Å². The van der Waals surface area contributed by atoms with Gasteiger partial charge in [-0.3, -0.25) is 4.79 Å². The largest absolute Gasteiger partial charge is 0.348 e. The number of likely N-dealkylation sites (tertiary alicyclic amines) is 1. The lowest BCUT2D eigenvalue weighted by Gasteiger charge is -2.51. The van der Waals surface area contributed by atoms with Gasteiger partial charge in [0.05, 0.1) is 24.8 Å². The summed E-state index contributed by atoms with van der Waals surface area (Å²) < 4.78 is 11.9. The zero-order valence-corrected chi connectivity index (χ0v) is 22.2. The Morgan fingerprint density at radius 1 is 1.09 bits per heavy atom. The highest BCUT2D eigenvalue weighted by Gasteiger charge is 2.53. The monoisotopic (exact) mass is 517 g/mol. The molecule has 0 spiro atoms. The Hall–Kier alpha value is -1.92. The number of carbonyl (C=O) groups is 2. The van der Waals surface area contributed by atoms with Gasteiger partial charge in [-0.05, 0) is 68.5 Å². The number of ether oxygens (including phenoxy) is 2. The van der Waals surface area contributed by atoms with E-state index in [4.69, 9.17) is 32.7 Å². The van der Waals surface area contributed by atoms with Crippen LogP contribution in [0.25, 0.3) is 0 Å². The van der Waals surface area contributed by atoms with Gasteiger partial charge in [-0.25, -0.2) is 0 Å². The van der Waals surface area contributed by atoms with Gasteiger partial charge in [-0.1, -0.05) is 61.3 Å². The molecule has 2 unspecified atom stereocenters. The fourth-order valence-electron chi connectivity index (χ4n) is 5.66. The topological polar surface area (TPSA) is 55.8 Å². The molecule has 4 rings (SSSR count). The van der Waals surface area contributed by atoms with Crippen LogP contribution in [0.5, 0.6) is 0 Å². The maximum absolute atomic E-state index is 14.3. The van der Waals surface area contributed by atoms with Crippen molar-refractivity contribution in [2.45, 2.75) is 76.9 Å². The molecule has 5 nitrogen and oxygen atoms in total. The van der Waals surface area contributed by atoms with Crippen LogP contribution in [-0.2, 0) is 19.1 Å². The molecule has 2 aliphatic heterocycles. The number of hydrogen-bond acceptors (Lipinski definition) is 4. The number of hydrogen-bond donors (Lipinski definition) is 0. The highest BCUT2D eigenvalue weighted by Crippen LogP contribution is 2.53. The molecule has 0 N–H and O–H groups in total. The standard InChI is InChI=1S/C28H33Cl2NO4/c1-5-22(16-32)31-25(18-9-11-20(29)12-10-18)24(19-7-6-8-21(30)13-19)15-28(4,26(31)33)14-23-17-34-27(2,3)35-23/h6-13,16,22-25H,5,14-15,17H2,1-4H3/t22?,23?,24-,25-,28+/m1/s1. The van der Waals surface area contributed by atoms with Crippen molar-refractivity contribution in [1.82, 2.24) is 4.90 Å². The van der Waals surface area contributed by atoms with Gasteiger partial charge in [-0.15, -0.1) is 0 Å². The molecule has 35 heavy (non-hydrogen) atoms. The fraction of sp³-hybridized carbons (Fsp3) is 0.500. The molecule has 0 aromatic heterocycles. The van der Waals surface area contributed by atoms with E-state index in [0.717, 1.165) is 17.4 Å². The Labute approximate surface area is 217 Å². The van der Waals surface area contributed by atoms with Crippen LogP contribution in [0.4, 0.5) is 0 Å². The smallest absolute Gasteiger partial charge is 0.229 e. The van der Waals surface area contributed by atoms with Crippen LogP contribution in [0.15, 0.2) is 48.5 Å². The van der Waals surface area contributed by atoms with Gasteiger partial charge in [0.25, 0.3) is 0 Å². The maximum Gasteiger partial charge on any atom is 0.229 e. The van der Waals surface area contributed by atoms with Gasteiger partial charge < -0.3 is 19.2 Å². The third-order valence-corrected chi connectivity index (χ3v) is 7.76. The third-order valence-electron chi connectivity index (χ3n) is 7.27. The van der Waals surface area contributed by atoms with E-state index in [1.807, 2.05) is 76.2 Å². The van der Waals surface area contributed by atoms with Crippen LogP contribution in [0, 0.1) is 5.41 Å². The van der Waals surface area contributed by atoms with Crippen LogP contribution < -0.4 is 0 Å². The predicted octanol–water partition coefficient (Wildman–Crippen LogP) is 6.58. The van der Waals surface area contributed by atoms with Gasteiger partial charge >= 0.3 is 0 Å². The van der Waals surface area contributed by atoms with Crippen LogP contribution in [0.2, 0.25) is 10.0 Å². The van der Waals surface area contributed by atoms with E-state index in [1.165, 1.54) is 0 Å². The van der Waals surface area contributed by atoms with Crippen molar-refractivity contribution in [1.29, 1.82) is 0 Å². The highest BCUT2D eigenvalue weighted by atomic mass is 35.5. The number of nitrogens with zero attached hydrogens (tertiary/aromatic N) is 1. The maximum atomic E-state index is 14.3. The summed E-state index contributed by atoms with van der Waals surface area (Å²) in [6.07, 6.45) is 2.30. The van der Waals surface area contributed by atoms with Crippen molar-refractivity contribution in [3.8, 4) is 0 Å². The van der Waals surface area contributed by atoms with Gasteiger partial charge in [0.1, 0.15) is 6.29 Å². The second kappa shape index (κ2) is 10.2. The number of piperidine rings is 1. The van der Waals surface area contributed by atoms with Gasteiger partial charge in [-0.2, -0.15) is 0 Å². The second-order valence-corrected chi connectivity index (χ2v) is 11.3. The van der Waals surface area contributed by atoms with Crippen LogP contribution >= 0.6 is 23.2 Å². The lowest BCUT2D eigenvalue weighted by molar-refractivity contribution is -0.163. The summed E-state index contributed by atoms with van der Waals surface area (Å²) in [7, 11) is 0. The second-order valence-electron chi connectivity index (χ2n) is 10.4. The Kier molecular flexibility index (Phi) is 7.63. The number of aldehydes is 1. The van der Waals surface area contributed by atoms with Crippen LogP contribution in [-0.4, -0.2) is 41.6 Å². The molecule has 0 radical (unpaired) electrons. The molecular formula is C28H33Cl2NO4. The summed E-state index contributed by atoms with van der Waals surface area (Å²) in [4.78, 5) is 28.3. The molecule has 7 heteroatoms. The molecule has 5 atom stereocenters. The third kappa shape index (κ3) is 5.43. The van der Waals surface area contributed by atoms with Crippen molar-refractivity contribution in [2.75, 3.05) is 6.61 Å². The molecule has 188 valence electrons. The van der Waals surface area contributed by atoms with E-state index in [9.17, 15) is 9.59 Å². The summed E-state index contributed by atoms with van der Waals surface area (Å²) in [6, 6.07) is 14.5. The molecule has 2 aromatic rings. The Bertz CT molecular complexity index is 1070. The minimum atomic E-state index is -0.749. The van der Waals surface area contributed by atoms with E-state index in [2.05, 4.69) is 0 Å². The van der Waals surface area contributed by atoms with Crippen molar-refractivity contribution in [3.63, 3.8) is 0 Å². The summed E-state index contributed by atoms with van der Waals surface area (Å²) in [5.41, 5.74) is 1.23. The first kappa shape index (κ1) is 26.2. The average molecular weight is 518 g/mol. The van der Waals surface area contributed by atoms with E-state index in [0.29, 0.717) is 35.9 Å². The molecule has 0 bridgehead atoms. The molecule has 2 fully saturated rings. The highest BCUT2D eigenvalue weighted by molar-refractivity contribution is 6.30.